The van der Waals surface area contributed by atoms with Gasteiger partial charge in [0.2, 0.25) is 0 Å². The zero-order chi connectivity index (χ0) is 6.24. The quantitative estimate of drug-likeness (QED) is 0.412. The molecular formula is C8H18S. The fourth-order valence-electron chi connectivity index (χ4n) is 0.715. The summed E-state index contributed by atoms with van der Waals surface area (Å²) in [5.74, 6) is 0. The van der Waals surface area contributed by atoms with Gasteiger partial charge >= 0.3 is 0 Å². The molecule has 0 aliphatic carbocycles. The Balaban J connectivity index is 0. The van der Waals surface area contributed by atoms with Crippen LogP contribution in [-0.2, 0) is 0 Å². The van der Waals surface area contributed by atoms with E-state index >= 15 is 0 Å². The molecule has 0 aliphatic rings. The lowest BCUT2D eigenvalue weighted by atomic mass is 10.2. The highest BCUT2D eigenvalue weighted by molar-refractivity contribution is 7.59. The lowest BCUT2D eigenvalue weighted by molar-refractivity contribution is 0.675. The summed E-state index contributed by atoms with van der Waals surface area (Å²) in [5.41, 5.74) is 0. The number of hydrogen-bond donors (Lipinski definition) is 0. The van der Waals surface area contributed by atoms with Crippen LogP contribution in [0.3, 0.4) is 0 Å². The van der Waals surface area contributed by atoms with Crippen molar-refractivity contribution in [3.63, 3.8) is 0 Å². The summed E-state index contributed by atoms with van der Waals surface area (Å²) in [6.07, 6.45) is 8.61. The second kappa shape index (κ2) is 11.0. The summed E-state index contributed by atoms with van der Waals surface area (Å²) in [6, 6.07) is 0. The van der Waals surface area contributed by atoms with Crippen LogP contribution in [0.4, 0.5) is 0 Å². The third-order valence-corrected chi connectivity index (χ3v) is 1.26. The van der Waals surface area contributed by atoms with E-state index in [1.807, 2.05) is 6.08 Å². The van der Waals surface area contributed by atoms with Crippen molar-refractivity contribution in [1.82, 2.24) is 0 Å². The monoisotopic (exact) mass is 146 g/mol. The van der Waals surface area contributed by atoms with Crippen molar-refractivity contribution in [3.05, 3.63) is 12.7 Å². The van der Waals surface area contributed by atoms with Crippen LogP contribution in [0.5, 0.6) is 0 Å². The molecule has 56 valence electrons. The van der Waals surface area contributed by atoms with Crippen LogP contribution in [0.1, 0.15) is 39.0 Å². The standard InChI is InChI=1S/C8H16.H2S/c1-3-5-7-8-6-4-2;/h3H,1,4-8H2,2H3;1H2. The Labute approximate surface area is 65.8 Å². The van der Waals surface area contributed by atoms with E-state index in [2.05, 4.69) is 13.5 Å². The Kier molecular flexibility index (Phi) is 14.4. The lowest BCUT2D eigenvalue weighted by Crippen LogP contribution is -1.71. The molecular weight excluding hydrogens is 128 g/mol. The first-order valence-corrected chi connectivity index (χ1v) is 3.52. The van der Waals surface area contributed by atoms with Gasteiger partial charge in [-0.1, -0.05) is 32.3 Å². The van der Waals surface area contributed by atoms with Gasteiger partial charge in [0.05, 0.1) is 0 Å². The molecule has 0 atom stereocenters. The van der Waals surface area contributed by atoms with Crippen molar-refractivity contribution < 1.29 is 0 Å². The van der Waals surface area contributed by atoms with Gasteiger partial charge in [0.1, 0.15) is 0 Å². The fourth-order valence-corrected chi connectivity index (χ4v) is 0.715. The minimum atomic E-state index is 0. The Morgan fingerprint density at radius 2 is 1.89 bits per heavy atom. The van der Waals surface area contributed by atoms with Gasteiger partial charge in [-0.2, -0.15) is 13.5 Å². The van der Waals surface area contributed by atoms with E-state index in [4.69, 9.17) is 0 Å². The van der Waals surface area contributed by atoms with E-state index in [1.165, 1.54) is 32.1 Å². The minimum Gasteiger partial charge on any atom is -0.197 e. The molecule has 0 heterocycles. The molecule has 9 heavy (non-hydrogen) atoms. The van der Waals surface area contributed by atoms with Crippen molar-refractivity contribution in [1.29, 1.82) is 0 Å². The zero-order valence-corrected chi connectivity index (χ0v) is 7.32. The molecule has 0 unspecified atom stereocenters. The number of allylic oxidation sites excluding steroid dienone is 1. The van der Waals surface area contributed by atoms with Crippen LogP contribution in [0.25, 0.3) is 0 Å². The molecule has 0 saturated heterocycles. The maximum atomic E-state index is 3.66. The third-order valence-electron chi connectivity index (χ3n) is 1.26. The maximum Gasteiger partial charge on any atom is -0.0353 e. The summed E-state index contributed by atoms with van der Waals surface area (Å²) < 4.78 is 0. The minimum absolute atomic E-state index is 0. The highest BCUT2D eigenvalue weighted by atomic mass is 32.1. The van der Waals surface area contributed by atoms with Crippen molar-refractivity contribution >= 4 is 13.5 Å². The van der Waals surface area contributed by atoms with Crippen molar-refractivity contribution in [3.8, 4) is 0 Å². The number of hydrogen-bond acceptors (Lipinski definition) is 0. The molecule has 0 spiro atoms. The average Bonchev–Trinajstić information content (AvgIpc) is 1.81. The fraction of sp³-hybridized carbons (Fsp3) is 0.750. The molecule has 0 aromatic heterocycles. The highest BCUT2D eigenvalue weighted by Crippen LogP contribution is 2.01. The van der Waals surface area contributed by atoms with Gasteiger partial charge in [0.25, 0.3) is 0 Å². The molecule has 0 rings (SSSR count). The first-order chi connectivity index (χ1) is 3.91. The van der Waals surface area contributed by atoms with E-state index < -0.39 is 0 Å². The van der Waals surface area contributed by atoms with Crippen molar-refractivity contribution in [2.75, 3.05) is 0 Å². The van der Waals surface area contributed by atoms with E-state index in [9.17, 15) is 0 Å². The van der Waals surface area contributed by atoms with Crippen LogP contribution in [0.15, 0.2) is 12.7 Å². The third kappa shape index (κ3) is 11.6. The van der Waals surface area contributed by atoms with E-state index in [0.29, 0.717) is 0 Å². The zero-order valence-electron chi connectivity index (χ0n) is 6.32. The van der Waals surface area contributed by atoms with Gasteiger partial charge in [0, 0.05) is 0 Å². The van der Waals surface area contributed by atoms with Gasteiger partial charge in [-0.25, -0.2) is 0 Å². The van der Waals surface area contributed by atoms with Gasteiger partial charge in [-0.3, -0.25) is 0 Å². The van der Waals surface area contributed by atoms with Crippen molar-refractivity contribution in [2.24, 2.45) is 0 Å². The summed E-state index contributed by atoms with van der Waals surface area (Å²) >= 11 is 0. The summed E-state index contributed by atoms with van der Waals surface area (Å²) in [6.45, 7) is 5.89. The van der Waals surface area contributed by atoms with Crippen LogP contribution in [0, 0.1) is 0 Å². The van der Waals surface area contributed by atoms with Gasteiger partial charge in [-0.05, 0) is 12.8 Å². The van der Waals surface area contributed by atoms with Crippen molar-refractivity contribution in [2.45, 2.75) is 39.0 Å². The van der Waals surface area contributed by atoms with E-state index in [1.54, 1.807) is 0 Å². The highest BCUT2D eigenvalue weighted by Gasteiger charge is 1.81. The Bertz CT molecular complexity index is 50.5. The molecule has 0 fully saturated rings. The largest absolute Gasteiger partial charge is 0.197 e. The molecule has 0 aromatic carbocycles. The molecule has 0 aromatic rings. The maximum absolute atomic E-state index is 3.66. The molecule has 0 saturated carbocycles. The van der Waals surface area contributed by atoms with Gasteiger partial charge in [0.15, 0.2) is 0 Å². The molecule has 0 radical (unpaired) electrons. The normalized spacial score (nSPS) is 8.11. The molecule has 0 bridgehead atoms. The first kappa shape index (κ1) is 11.8. The van der Waals surface area contributed by atoms with E-state index in [-0.39, 0.29) is 13.5 Å². The van der Waals surface area contributed by atoms with Crippen LogP contribution < -0.4 is 0 Å². The molecule has 1 heteroatoms. The summed E-state index contributed by atoms with van der Waals surface area (Å²) in [5, 5.41) is 0. The lowest BCUT2D eigenvalue weighted by Gasteiger charge is -1.91. The summed E-state index contributed by atoms with van der Waals surface area (Å²) in [7, 11) is 0. The van der Waals surface area contributed by atoms with Crippen LogP contribution >= 0.6 is 13.5 Å². The Hall–Kier alpha value is 0.0900. The smallest absolute Gasteiger partial charge is 0.0353 e. The molecule has 0 amide bonds. The Morgan fingerprint density at radius 3 is 2.33 bits per heavy atom. The predicted molar refractivity (Wildman–Crippen MR) is 49.3 cm³/mol. The van der Waals surface area contributed by atoms with Gasteiger partial charge in [-0.15, -0.1) is 6.58 Å². The second-order valence-electron chi connectivity index (χ2n) is 2.14. The van der Waals surface area contributed by atoms with Gasteiger partial charge < -0.3 is 0 Å². The van der Waals surface area contributed by atoms with Crippen LogP contribution in [0.2, 0.25) is 0 Å². The SMILES string of the molecule is C=CCCCCCC.S. The second-order valence-corrected chi connectivity index (χ2v) is 2.14. The predicted octanol–water partition coefficient (Wildman–Crippen LogP) is 3.26. The summed E-state index contributed by atoms with van der Waals surface area (Å²) in [4.78, 5) is 0. The first-order valence-electron chi connectivity index (χ1n) is 3.52. The van der Waals surface area contributed by atoms with Crippen LogP contribution in [-0.4, -0.2) is 0 Å². The number of unbranched alkanes of at least 4 members (excludes halogenated alkanes) is 4. The molecule has 0 N–H and O–H groups in total. The van der Waals surface area contributed by atoms with E-state index in [0.717, 1.165) is 0 Å². The molecule has 0 nitrogen and oxygen atoms in total. The Morgan fingerprint density at radius 1 is 1.22 bits per heavy atom. The average molecular weight is 146 g/mol. The topological polar surface area (TPSA) is 0 Å². The molecule has 0 aliphatic heterocycles. The number of rotatable bonds is 5.